The Morgan fingerprint density at radius 3 is 2.29 bits per heavy atom. The number of hydrogen-bond donors (Lipinski definition) is 8. The molecule has 1 aliphatic heterocycles. The van der Waals surface area contributed by atoms with Crippen LogP contribution in [-0.2, 0) is 35.1 Å². The number of benzene rings is 1. The maximum Gasteiger partial charge on any atom is 0.326 e. The first-order valence-electron chi connectivity index (χ1n) is 21.3. The van der Waals surface area contributed by atoms with E-state index in [4.69, 9.17) is 19.9 Å². The Morgan fingerprint density at radius 1 is 0.952 bits per heavy atom. The average molecular weight is 880 g/mol. The second-order valence-electron chi connectivity index (χ2n) is 17.1. The van der Waals surface area contributed by atoms with Crippen molar-refractivity contribution in [1.82, 2.24) is 46.5 Å². The molecule has 0 spiro atoms. The number of nitrogens with two attached hydrogens (primary N) is 1. The molecule has 0 saturated carbocycles. The van der Waals surface area contributed by atoms with Gasteiger partial charge in [-0.1, -0.05) is 27.2 Å². The van der Waals surface area contributed by atoms with Crippen LogP contribution >= 0.6 is 0 Å². The van der Waals surface area contributed by atoms with Crippen LogP contribution in [0, 0.1) is 11.3 Å². The summed E-state index contributed by atoms with van der Waals surface area (Å²) in [6.45, 7) is 18.0. The number of fused-ring (bicyclic) bond motifs is 1. The second-order valence-corrected chi connectivity index (χ2v) is 17.1. The average Bonchev–Trinajstić information content (AvgIpc) is 3.71. The highest BCUT2D eigenvalue weighted by Crippen LogP contribution is 2.35. The first-order valence-corrected chi connectivity index (χ1v) is 21.3. The van der Waals surface area contributed by atoms with Gasteiger partial charge in [0.25, 0.3) is 11.5 Å². The zero-order valence-corrected chi connectivity index (χ0v) is 37.7. The van der Waals surface area contributed by atoms with Gasteiger partial charge in [-0.2, -0.15) is 4.98 Å². The molecule has 4 rings (SSSR count). The predicted octanol–water partition coefficient (Wildman–Crippen LogP) is 3.53. The van der Waals surface area contributed by atoms with Crippen LogP contribution < -0.4 is 38.2 Å². The highest BCUT2D eigenvalue weighted by molar-refractivity contribution is 5.97. The molecule has 3 unspecified atom stereocenters. The molecular formula is C43H65N11O9. The number of carboxylic acids is 1. The number of carboxylic acid groups (broad SMARTS) is 1. The third-order valence-corrected chi connectivity index (χ3v) is 11.5. The number of nitrogen functional groups attached to an aromatic ring is 1. The van der Waals surface area contributed by atoms with E-state index in [2.05, 4.69) is 60.7 Å². The molecule has 0 saturated heterocycles. The summed E-state index contributed by atoms with van der Waals surface area (Å²) < 4.78 is 17.9. The van der Waals surface area contributed by atoms with Crippen LogP contribution in [-0.4, -0.2) is 104 Å². The lowest BCUT2D eigenvalue weighted by atomic mass is 9.74. The Labute approximate surface area is 367 Å². The van der Waals surface area contributed by atoms with Crippen LogP contribution in [0.2, 0.25) is 0 Å². The monoisotopic (exact) mass is 879 g/mol. The van der Waals surface area contributed by atoms with Gasteiger partial charge in [-0.15, -0.1) is 5.53 Å². The van der Waals surface area contributed by atoms with Gasteiger partial charge in [0.2, 0.25) is 11.9 Å². The fourth-order valence-electron chi connectivity index (χ4n) is 6.59. The summed E-state index contributed by atoms with van der Waals surface area (Å²) in [6, 6.07) is 5.03. The summed E-state index contributed by atoms with van der Waals surface area (Å²) in [6.07, 6.45) is 5.76. The predicted molar refractivity (Wildman–Crippen MR) is 236 cm³/mol. The van der Waals surface area contributed by atoms with Crippen LogP contribution in [0.1, 0.15) is 110 Å². The summed E-state index contributed by atoms with van der Waals surface area (Å²) in [5.74, 6) is -2.25. The molecule has 1 aliphatic rings. The van der Waals surface area contributed by atoms with E-state index in [1.54, 1.807) is 18.3 Å². The van der Waals surface area contributed by atoms with Crippen molar-refractivity contribution in [3.8, 4) is 0 Å². The van der Waals surface area contributed by atoms with E-state index < -0.39 is 40.1 Å². The van der Waals surface area contributed by atoms with E-state index in [1.165, 1.54) is 18.3 Å². The second kappa shape index (κ2) is 22.5. The number of aromatic nitrogens is 4. The van der Waals surface area contributed by atoms with E-state index in [0.29, 0.717) is 44.0 Å². The Kier molecular flexibility index (Phi) is 17.8. The van der Waals surface area contributed by atoms with Crippen molar-refractivity contribution in [2.24, 2.45) is 11.3 Å². The number of anilines is 2. The highest BCUT2D eigenvalue weighted by atomic mass is 16.6. The molecule has 20 nitrogen and oxygen atoms in total. The number of aromatic amines is 1. The van der Waals surface area contributed by atoms with Crippen molar-refractivity contribution >= 4 is 46.6 Å². The van der Waals surface area contributed by atoms with E-state index >= 15 is 0 Å². The number of hydrogen-bond acceptors (Lipinski definition) is 16. The van der Waals surface area contributed by atoms with E-state index in [1.807, 2.05) is 46.6 Å². The molecule has 63 heavy (non-hydrogen) atoms. The Bertz CT molecular complexity index is 2130. The maximum absolute atomic E-state index is 12.9. The maximum atomic E-state index is 12.9. The summed E-state index contributed by atoms with van der Waals surface area (Å²) in [5.41, 5.74) is 11.8. The summed E-state index contributed by atoms with van der Waals surface area (Å²) in [5, 5.41) is 20.1. The van der Waals surface area contributed by atoms with Gasteiger partial charge in [-0.3, -0.25) is 29.2 Å². The minimum absolute atomic E-state index is 0.0526. The third kappa shape index (κ3) is 14.9. The molecular weight excluding hydrogens is 815 g/mol. The quantitative estimate of drug-likeness (QED) is 0.0423. The molecule has 0 radical (unpaired) electrons. The van der Waals surface area contributed by atoms with E-state index in [9.17, 15) is 29.1 Å². The van der Waals surface area contributed by atoms with Gasteiger partial charge < -0.3 is 46.4 Å². The van der Waals surface area contributed by atoms with Crippen molar-refractivity contribution in [2.45, 2.75) is 118 Å². The Hall–Kier alpha value is -5.86. The number of amides is 2. The molecule has 2 aromatic heterocycles. The number of esters is 1. The molecule has 0 fully saturated rings. The van der Waals surface area contributed by atoms with Gasteiger partial charge in [0.1, 0.15) is 6.04 Å². The van der Waals surface area contributed by atoms with Gasteiger partial charge >= 0.3 is 11.9 Å². The van der Waals surface area contributed by atoms with Crippen LogP contribution in [0.4, 0.5) is 11.6 Å². The topological polar surface area (TPSA) is 277 Å². The van der Waals surface area contributed by atoms with Crippen molar-refractivity contribution in [3.63, 3.8) is 0 Å². The number of nitrogens with one attached hydrogen (secondary N) is 6. The lowest BCUT2D eigenvalue weighted by Gasteiger charge is -2.33. The number of hydrazine groups is 2. The van der Waals surface area contributed by atoms with Gasteiger partial charge in [0, 0.05) is 36.8 Å². The van der Waals surface area contributed by atoms with Gasteiger partial charge in [-0.05, 0) is 84.1 Å². The number of ether oxygens (including phenoxy) is 3. The van der Waals surface area contributed by atoms with E-state index in [0.717, 1.165) is 18.5 Å². The lowest BCUT2D eigenvalue weighted by molar-refractivity contribution is -0.161. The molecule has 9 N–H and O–H groups in total. The minimum atomic E-state index is -1.30. The normalized spacial score (nSPS) is 14.9. The van der Waals surface area contributed by atoms with Crippen molar-refractivity contribution < 1.29 is 38.5 Å². The summed E-state index contributed by atoms with van der Waals surface area (Å²) in [7, 11) is 0. The number of H-pyrrole nitrogens is 1. The van der Waals surface area contributed by atoms with Gasteiger partial charge in [0.15, 0.2) is 11.2 Å². The van der Waals surface area contributed by atoms with Crippen molar-refractivity contribution in [3.05, 3.63) is 64.0 Å². The Morgan fingerprint density at radius 2 is 1.63 bits per heavy atom. The van der Waals surface area contributed by atoms with Gasteiger partial charge in [-0.25, -0.2) is 14.8 Å². The highest BCUT2D eigenvalue weighted by Gasteiger charge is 2.38. The van der Waals surface area contributed by atoms with Crippen LogP contribution in [0.25, 0.3) is 11.2 Å². The van der Waals surface area contributed by atoms with Crippen LogP contribution in [0.3, 0.4) is 0 Å². The molecule has 0 aliphatic carbocycles. The molecule has 2 amide bonds. The number of rotatable bonds is 26. The number of aliphatic carboxylic acids is 1. The zero-order chi connectivity index (χ0) is 46.4. The third-order valence-electron chi connectivity index (χ3n) is 11.5. The van der Waals surface area contributed by atoms with E-state index in [-0.39, 0.29) is 73.0 Å². The first-order chi connectivity index (χ1) is 29.8. The minimum Gasteiger partial charge on any atom is -0.480 e. The number of carbonyl (C=O) groups excluding carboxylic acids is 3. The molecule has 3 atom stereocenters. The summed E-state index contributed by atoms with van der Waals surface area (Å²) >= 11 is 0. The molecule has 20 heteroatoms. The molecule has 346 valence electrons. The molecule has 1 aromatic carbocycles. The van der Waals surface area contributed by atoms with Gasteiger partial charge in [0.05, 0.1) is 67.1 Å². The summed E-state index contributed by atoms with van der Waals surface area (Å²) in [4.78, 5) is 77.5. The van der Waals surface area contributed by atoms with Crippen LogP contribution in [0.15, 0.2) is 47.2 Å². The number of carbonyl (C=O) groups is 4. The fourth-order valence-corrected chi connectivity index (χ4v) is 6.59. The Balaban J connectivity index is 1.13. The number of nitrogens with zero attached hydrogens (tertiary/aromatic N) is 4. The lowest BCUT2D eigenvalue weighted by Crippen LogP contribution is -2.43. The smallest absolute Gasteiger partial charge is 0.326 e. The molecule has 3 aromatic rings. The molecule has 0 bridgehead atoms. The van der Waals surface area contributed by atoms with Crippen molar-refractivity contribution in [2.75, 3.05) is 44.0 Å². The SMILES string of the molecule is CCC(C)C(C)(CC)C(=O)OCCC(C)(C)OCCOC(C)(C)CCN1NNC=C1CNC(=O)CCC(NC(=O)c1ccc(NCc2cnc3nc(N)[nH]c(=O)c3n2)cc1)C(=O)O. The van der Waals surface area contributed by atoms with Crippen LogP contribution in [0.5, 0.6) is 0 Å². The largest absolute Gasteiger partial charge is 0.480 e. The molecule has 3 heterocycles. The zero-order valence-electron chi connectivity index (χ0n) is 37.7. The fraction of sp³-hybridized carbons (Fsp3) is 0.581. The van der Waals surface area contributed by atoms with Crippen molar-refractivity contribution in [1.29, 1.82) is 0 Å². The standard InChI is InChI=1S/C43H65N11O9/c1-9-27(3)43(8,10-2)39(60)61-20-18-42(6,7)63-22-21-62-41(4,5)17-19-54-31(26-48-53-54)25-46-33(55)16-15-32(38(58)59)50-36(56)28-11-13-29(14-12-28)45-23-30-24-47-35-34(49-30)37(57)52-40(44)51-35/h11-14,24,26-27,32,45,48,53H,9-10,15-23,25H2,1-8H3,(H,46,55)(H,50,56)(H,58,59)(H3,44,47,51,52,57). The first kappa shape index (κ1) is 49.8.